The molecule has 2 rings (SSSR count). The second-order valence-electron chi connectivity index (χ2n) is 7.80. The zero-order valence-electron chi connectivity index (χ0n) is 20.1. The first-order chi connectivity index (χ1) is 16.5. The van der Waals surface area contributed by atoms with Crippen LogP contribution in [0.3, 0.4) is 0 Å². The number of thioether (sulfide) groups is 1. The number of sulfonamides is 1. The van der Waals surface area contributed by atoms with E-state index in [0.29, 0.717) is 55.9 Å². The van der Waals surface area contributed by atoms with Crippen molar-refractivity contribution in [3.63, 3.8) is 0 Å². The highest BCUT2D eigenvalue weighted by Gasteiger charge is 2.28. The van der Waals surface area contributed by atoms with Crippen LogP contribution in [0.25, 0.3) is 0 Å². The highest BCUT2D eigenvalue weighted by Crippen LogP contribution is 2.27. The Hall–Kier alpha value is -1.57. The maximum Gasteiger partial charge on any atom is 0.409 e. The van der Waals surface area contributed by atoms with Crippen molar-refractivity contribution in [2.45, 2.75) is 31.9 Å². The monoisotopic (exact) mass is 609 g/mol. The number of anilines is 1. The summed E-state index contributed by atoms with van der Waals surface area (Å²) >= 11 is 9.93. The second-order valence-corrected chi connectivity index (χ2v) is 12.5. The fourth-order valence-corrected chi connectivity index (χ4v) is 6.25. The predicted octanol–water partition coefficient (Wildman–Crippen LogP) is 3.72. The maximum atomic E-state index is 12.9. The zero-order chi connectivity index (χ0) is 26.0. The summed E-state index contributed by atoms with van der Waals surface area (Å²) in [6.07, 6.45) is 1.43. The Labute approximate surface area is 225 Å². The smallest absolute Gasteiger partial charge is 0.409 e. The Morgan fingerprint density at radius 2 is 1.66 bits per heavy atom. The third-order valence-electron chi connectivity index (χ3n) is 5.25. The van der Waals surface area contributed by atoms with Gasteiger partial charge in [0.15, 0.2) is 0 Å². The minimum Gasteiger partial charge on any atom is -0.479 e. The first kappa shape index (κ1) is 29.7. The average molecular weight is 611 g/mol. The number of benzene rings is 1. The topological polar surface area (TPSA) is 96.5 Å². The Balaban J connectivity index is 2.06. The van der Waals surface area contributed by atoms with Gasteiger partial charge in [-0.05, 0) is 56.8 Å². The van der Waals surface area contributed by atoms with Crippen molar-refractivity contribution in [2.24, 2.45) is 0 Å². The van der Waals surface area contributed by atoms with Crippen molar-refractivity contribution in [3.8, 4) is 0 Å². The zero-order valence-corrected chi connectivity index (χ0v) is 24.2. The van der Waals surface area contributed by atoms with Gasteiger partial charge in [-0.15, -0.1) is 0 Å². The van der Waals surface area contributed by atoms with Crippen molar-refractivity contribution >= 4 is 72.0 Å². The van der Waals surface area contributed by atoms with Gasteiger partial charge in [-0.3, -0.25) is 9.10 Å². The molecular weight excluding hydrogens is 578 g/mol. The number of ether oxygens (including phenoxy) is 2. The fraction of sp³-hybridized carbons (Fsp3) is 0.591. The number of hydrogen-bond donors (Lipinski definition) is 0. The standard InChI is InChI=1S/C22H32BrN3O6S3/c1-4-31-21(28)25-14-12-24(13-15-25)20(27)11-10-19(34-22(33)32-5-2)16-26(35(3,29)30)18-8-6-17(23)7-9-18/h6-9,19H,4-5,10-16H2,1-3H3. The molecule has 0 aromatic heterocycles. The number of rotatable bonds is 10. The molecule has 0 spiro atoms. The number of nitrogens with zero attached hydrogens (tertiary/aromatic N) is 3. The SMILES string of the molecule is CCOC(=O)N1CCN(C(=O)CCC(CN(c2ccc(Br)cc2)S(C)(=O)=O)SC(=S)OCC)CC1. The highest BCUT2D eigenvalue weighted by molar-refractivity contribution is 9.10. The van der Waals surface area contributed by atoms with Crippen LogP contribution in [0.5, 0.6) is 0 Å². The molecular formula is C22H32BrN3O6S3. The molecule has 1 atom stereocenters. The van der Waals surface area contributed by atoms with Gasteiger partial charge >= 0.3 is 6.09 Å². The van der Waals surface area contributed by atoms with Crippen LogP contribution in [-0.2, 0) is 24.3 Å². The molecule has 13 heteroatoms. The summed E-state index contributed by atoms with van der Waals surface area (Å²) in [5.74, 6) is -0.0454. The van der Waals surface area contributed by atoms with Gasteiger partial charge in [0.2, 0.25) is 20.3 Å². The van der Waals surface area contributed by atoms with Gasteiger partial charge in [-0.1, -0.05) is 27.7 Å². The molecule has 0 aliphatic carbocycles. The summed E-state index contributed by atoms with van der Waals surface area (Å²) < 4.78 is 38.1. The van der Waals surface area contributed by atoms with Gasteiger partial charge in [-0.2, -0.15) is 0 Å². The summed E-state index contributed by atoms with van der Waals surface area (Å²) in [5.41, 5.74) is 0.532. The summed E-state index contributed by atoms with van der Waals surface area (Å²) in [7, 11) is -3.58. The molecule has 0 N–H and O–H groups in total. The van der Waals surface area contributed by atoms with E-state index in [1.807, 2.05) is 6.92 Å². The number of halogens is 1. The van der Waals surface area contributed by atoms with Gasteiger partial charge in [0.1, 0.15) is 0 Å². The number of carbonyl (C=O) groups excluding carboxylic acids is 2. The van der Waals surface area contributed by atoms with Crippen LogP contribution in [0.2, 0.25) is 0 Å². The molecule has 0 bridgehead atoms. The van der Waals surface area contributed by atoms with E-state index in [9.17, 15) is 18.0 Å². The van der Waals surface area contributed by atoms with Crippen molar-refractivity contribution in [1.82, 2.24) is 9.80 Å². The van der Waals surface area contributed by atoms with Crippen molar-refractivity contribution in [2.75, 3.05) is 56.5 Å². The lowest BCUT2D eigenvalue weighted by Crippen LogP contribution is -2.50. The average Bonchev–Trinajstić information content (AvgIpc) is 2.81. The lowest BCUT2D eigenvalue weighted by Gasteiger charge is -2.34. The third-order valence-corrected chi connectivity index (χ3v) is 8.37. The molecule has 9 nitrogen and oxygen atoms in total. The number of hydrogen-bond acceptors (Lipinski definition) is 8. The van der Waals surface area contributed by atoms with Crippen molar-refractivity contribution < 1.29 is 27.5 Å². The lowest BCUT2D eigenvalue weighted by molar-refractivity contribution is -0.132. The predicted molar refractivity (Wildman–Crippen MR) is 146 cm³/mol. The molecule has 1 saturated heterocycles. The number of carbonyl (C=O) groups is 2. The molecule has 35 heavy (non-hydrogen) atoms. The van der Waals surface area contributed by atoms with Crippen LogP contribution in [0, 0.1) is 0 Å². The molecule has 0 radical (unpaired) electrons. The molecule has 1 aromatic carbocycles. The van der Waals surface area contributed by atoms with E-state index >= 15 is 0 Å². The number of thiocarbonyl (C=S) groups is 1. The van der Waals surface area contributed by atoms with E-state index < -0.39 is 10.0 Å². The molecule has 196 valence electrons. The lowest BCUT2D eigenvalue weighted by atomic mass is 10.2. The van der Waals surface area contributed by atoms with Crippen LogP contribution >= 0.6 is 39.9 Å². The van der Waals surface area contributed by atoms with Crippen LogP contribution in [-0.4, -0.2) is 92.0 Å². The number of amides is 2. The largest absolute Gasteiger partial charge is 0.479 e. The maximum absolute atomic E-state index is 12.9. The van der Waals surface area contributed by atoms with Gasteiger partial charge < -0.3 is 19.3 Å². The van der Waals surface area contributed by atoms with E-state index in [1.54, 1.807) is 41.0 Å². The molecule has 1 aliphatic heterocycles. The summed E-state index contributed by atoms with van der Waals surface area (Å²) in [5, 5.41) is -0.294. The summed E-state index contributed by atoms with van der Waals surface area (Å²) in [6, 6.07) is 7.00. The molecule has 1 fully saturated rings. The quantitative estimate of drug-likeness (QED) is 0.370. The second kappa shape index (κ2) is 14.2. The van der Waals surface area contributed by atoms with Crippen LogP contribution in [0.15, 0.2) is 28.7 Å². The number of piperazine rings is 1. The third kappa shape index (κ3) is 9.77. The summed E-state index contributed by atoms with van der Waals surface area (Å²) in [6.45, 7) is 6.14. The fourth-order valence-electron chi connectivity index (χ4n) is 3.50. The van der Waals surface area contributed by atoms with Crippen LogP contribution < -0.4 is 4.31 Å². The van der Waals surface area contributed by atoms with E-state index in [-0.39, 0.29) is 30.2 Å². The minimum absolute atomic E-state index is 0.0454. The first-order valence-electron chi connectivity index (χ1n) is 11.3. The van der Waals surface area contributed by atoms with Crippen molar-refractivity contribution in [3.05, 3.63) is 28.7 Å². The molecule has 1 aliphatic rings. The van der Waals surface area contributed by atoms with E-state index in [4.69, 9.17) is 21.7 Å². The molecule has 1 aromatic rings. The Bertz CT molecular complexity index is 969. The summed E-state index contributed by atoms with van der Waals surface area (Å²) in [4.78, 5) is 28.1. The van der Waals surface area contributed by atoms with E-state index in [0.717, 1.165) is 10.7 Å². The van der Waals surface area contributed by atoms with Gasteiger partial charge in [0.25, 0.3) is 0 Å². The van der Waals surface area contributed by atoms with Crippen LogP contribution in [0.4, 0.5) is 10.5 Å². The molecule has 2 amide bonds. The van der Waals surface area contributed by atoms with E-state index in [2.05, 4.69) is 15.9 Å². The Morgan fingerprint density at radius 1 is 1.09 bits per heavy atom. The molecule has 0 saturated carbocycles. The molecule has 1 heterocycles. The Morgan fingerprint density at radius 3 is 2.20 bits per heavy atom. The minimum atomic E-state index is -3.58. The van der Waals surface area contributed by atoms with Gasteiger partial charge in [0.05, 0.1) is 25.2 Å². The van der Waals surface area contributed by atoms with E-state index in [1.165, 1.54) is 16.1 Å². The van der Waals surface area contributed by atoms with Gasteiger partial charge in [0, 0.05) is 48.9 Å². The molecule has 1 unspecified atom stereocenters. The van der Waals surface area contributed by atoms with Crippen molar-refractivity contribution in [1.29, 1.82) is 0 Å². The first-order valence-corrected chi connectivity index (χ1v) is 15.2. The Kier molecular flexibility index (Phi) is 12.1. The van der Waals surface area contributed by atoms with Crippen LogP contribution in [0.1, 0.15) is 26.7 Å². The highest BCUT2D eigenvalue weighted by atomic mass is 79.9. The normalized spacial score (nSPS) is 14.9. The van der Waals surface area contributed by atoms with Gasteiger partial charge in [-0.25, -0.2) is 13.2 Å².